The highest BCUT2D eigenvalue weighted by Gasteiger charge is 2.21. The first-order chi connectivity index (χ1) is 12.1. The number of hydrogen-bond acceptors (Lipinski definition) is 1. The fraction of sp³-hybridized carbons (Fsp3) is 0.190. The van der Waals surface area contributed by atoms with Crippen molar-refractivity contribution in [2.24, 2.45) is 0 Å². The zero-order valence-electron chi connectivity index (χ0n) is 14.1. The van der Waals surface area contributed by atoms with E-state index in [1.165, 1.54) is 17.7 Å². The van der Waals surface area contributed by atoms with E-state index in [4.69, 9.17) is 0 Å². The van der Waals surface area contributed by atoms with E-state index in [9.17, 15) is 9.18 Å². The van der Waals surface area contributed by atoms with E-state index in [1.54, 1.807) is 0 Å². The summed E-state index contributed by atoms with van der Waals surface area (Å²) in [6.45, 7) is 3.24. The summed E-state index contributed by atoms with van der Waals surface area (Å²) in [5, 5.41) is 1.02. The highest BCUT2D eigenvalue weighted by molar-refractivity contribution is 5.97. The molecular weight excluding hydrogens is 315 g/mol. The Morgan fingerprint density at radius 3 is 2.80 bits per heavy atom. The number of fused-ring (bicyclic) bond motifs is 1. The minimum atomic E-state index is -0.242. The van der Waals surface area contributed by atoms with E-state index in [0.717, 1.165) is 34.0 Å². The van der Waals surface area contributed by atoms with Gasteiger partial charge >= 0.3 is 0 Å². The van der Waals surface area contributed by atoms with Gasteiger partial charge < -0.3 is 9.88 Å². The summed E-state index contributed by atoms with van der Waals surface area (Å²) in [4.78, 5) is 17.7. The minimum absolute atomic E-state index is 0.0781. The molecule has 0 saturated carbocycles. The molecule has 0 saturated heterocycles. The zero-order valence-corrected chi connectivity index (χ0v) is 14.1. The monoisotopic (exact) mass is 334 g/mol. The number of aromatic nitrogens is 1. The third-order valence-electron chi connectivity index (χ3n) is 4.86. The Morgan fingerprint density at radius 2 is 2.04 bits per heavy atom. The summed E-state index contributed by atoms with van der Waals surface area (Å²) in [6, 6.07) is 12.5. The second-order valence-corrected chi connectivity index (χ2v) is 6.44. The fourth-order valence-electron chi connectivity index (χ4n) is 3.45. The molecule has 2 aromatic carbocycles. The van der Waals surface area contributed by atoms with Crippen LogP contribution in [0.5, 0.6) is 0 Å². The van der Waals surface area contributed by atoms with Crippen molar-refractivity contribution in [3.8, 4) is 0 Å². The zero-order chi connectivity index (χ0) is 17.4. The van der Waals surface area contributed by atoms with Crippen molar-refractivity contribution in [2.45, 2.75) is 13.3 Å². The molecule has 1 amide bonds. The number of carbonyl (C=O) groups excluding carboxylic acids is 1. The Bertz CT molecular complexity index is 986. The Hall–Kier alpha value is -2.88. The van der Waals surface area contributed by atoms with E-state index >= 15 is 0 Å². The van der Waals surface area contributed by atoms with Crippen molar-refractivity contribution in [3.05, 3.63) is 77.2 Å². The van der Waals surface area contributed by atoms with Gasteiger partial charge in [0, 0.05) is 41.3 Å². The Balaban J connectivity index is 1.58. The van der Waals surface area contributed by atoms with Crippen molar-refractivity contribution in [1.82, 2.24) is 9.88 Å². The van der Waals surface area contributed by atoms with E-state index in [0.29, 0.717) is 13.1 Å². The lowest BCUT2D eigenvalue weighted by molar-refractivity contribution is 0.0772. The molecule has 2 heterocycles. The molecule has 3 aromatic rings. The van der Waals surface area contributed by atoms with Gasteiger partial charge in [-0.1, -0.05) is 24.3 Å². The van der Waals surface area contributed by atoms with Crippen LogP contribution < -0.4 is 0 Å². The molecule has 0 radical (unpaired) electrons. The second-order valence-electron chi connectivity index (χ2n) is 6.44. The third-order valence-corrected chi connectivity index (χ3v) is 4.86. The van der Waals surface area contributed by atoms with Crippen LogP contribution in [0.15, 0.2) is 54.7 Å². The molecule has 25 heavy (non-hydrogen) atoms. The van der Waals surface area contributed by atoms with Gasteiger partial charge in [-0.15, -0.1) is 0 Å². The first-order valence-corrected chi connectivity index (χ1v) is 8.44. The van der Waals surface area contributed by atoms with Crippen LogP contribution in [0.3, 0.4) is 0 Å². The van der Waals surface area contributed by atoms with Crippen LogP contribution in [0.2, 0.25) is 0 Å². The van der Waals surface area contributed by atoms with Crippen molar-refractivity contribution in [2.75, 3.05) is 13.1 Å². The predicted octanol–water partition coefficient (Wildman–Crippen LogP) is 4.54. The van der Waals surface area contributed by atoms with Crippen LogP contribution in [0.4, 0.5) is 4.39 Å². The molecule has 0 spiro atoms. The maximum absolute atomic E-state index is 13.3. The summed E-state index contributed by atoms with van der Waals surface area (Å²) in [5.41, 5.74) is 4.86. The summed E-state index contributed by atoms with van der Waals surface area (Å²) < 4.78 is 13.3. The third kappa shape index (κ3) is 2.84. The van der Waals surface area contributed by atoms with Crippen molar-refractivity contribution < 1.29 is 9.18 Å². The van der Waals surface area contributed by atoms with Crippen LogP contribution in [0.25, 0.3) is 16.5 Å². The lowest BCUT2D eigenvalue weighted by Gasteiger charge is -2.27. The normalized spacial score (nSPS) is 14.6. The average molecular weight is 334 g/mol. The van der Waals surface area contributed by atoms with E-state index in [-0.39, 0.29) is 11.7 Å². The Morgan fingerprint density at radius 1 is 1.20 bits per heavy atom. The number of amides is 1. The number of halogens is 1. The van der Waals surface area contributed by atoms with E-state index in [1.807, 2.05) is 48.4 Å². The molecule has 1 aliphatic rings. The van der Waals surface area contributed by atoms with E-state index in [2.05, 4.69) is 11.1 Å². The first-order valence-electron chi connectivity index (χ1n) is 8.44. The Labute approximate surface area is 145 Å². The maximum atomic E-state index is 13.3. The number of aromatic amines is 1. The SMILES string of the molecule is Cc1ccccc1C(=O)N1CC=C(c2c[nH]c3cc(F)ccc23)CC1. The summed E-state index contributed by atoms with van der Waals surface area (Å²) >= 11 is 0. The minimum Gasteiger partial charge on any atom is -0.360 e. The summed E-state index contributed by atoms with van der Waals surface area (Å²) in [6.07, 6.45) is 4.82. The van der Waals surface area contributed by atoms with Crippen molar-refractivity contribution in [1.29, 1.82) is 0 Å². The number of aryl methyl sites for hydroxylation is 1. The largest absolute Gasteiger partial charge is 0.360 e. The number of H-pyrrole nitrogens is 1. The smallest absolute Gasteiger partial charge is 0.254 e. The lowest BCUT2D eigenvalue weighted by atomic mass is 9.98. The molecule has 0 unspecified atom stereocenters. The Kier molecular flexibility index (Phi) is 3.88. The van der Waals surface area contributed by atoms with Gasteiger partial charge in [0.15, 0.2) is 0 Å². The number of carbonyl (C=O) groups is 1. The molecule has 1 aliphatic heterocycles. The van der Waals surface area contributed by atoms with Crippen LogP contribution in [-0.2, 0) is 0 Å². The van der Waals surface area contributed by atoms with Gasteiger partial charge in [0.25, 0.3) is 5.91 Å². The standard InChI is InChI=1S/C21H19FN2O/c1-14-4-2-3-5-17(14)21(25)24-10-8-15(9-11-24)19-13-23-20-12-16(22)6-7-18(19)20/h2-8,12-13,23H,9-11H2,1H3. The number of hydrogen-bond donors (Lipinski definition) is 1. The van der Waals surface area contributed by atoms with Gasteiger partial charge in [-0.2, -0.15) is 0 Å². The maximum Gasteiger partial charge on any atom is 0.254 e. The van der Waals surface area contributed by atoms with Crippen LogP contribution in [-0.4, -0.2) is 28.9 Å². The molecule has 3 nitrogen and oxygen atoms in total. The lowest BCUT2D eigenvalue weighted by Crippen LogP contribution is -2.35. The number of nitrogens with one attached hydrogen (secondary N) is 1. The van der Waals surface area contributed by atoms with E-state index < -0.39 is 0 Å². The molecule has 4 rings (SSSR count). The molecule has 0 fully saturated rings. The highest BCUT2D eigenvalue weighted by Crippen LogP contribution is 2.30. The second kappa shape index (κ2) is 6.20. The summed E-state index contributed by atoms with van der Waals surface area (Å²) in [7, 11) is 0. The predicted molar refractivity (Wildman–Crippen MR) is 97.9 cm³/mol. The van der Waals surface area contributed by atoms with Crippen molar-refractivity contribution >= 4 is 22.4 Å². The molecule has 126 valence electrons. The van der Waals surface area contributed by atoms with Crippen LogP contribution >= 0.6 is 0 Å². The molecule has 0 atom stereocenters. The molecule has 4 heteroatoms. The number of nitrogens with zero attached hydrogens (tertiary/aromatic N) is 1. The van der Waals surface area contributed by atoms with Gasteiger partial charge in [-0.25, -0.2) is 4.39 Å². The van der Waals surface area contributed by atoms with Gasteiger partial charge in [-0.3, -0.25) is 4.79 Å². The number of rotatable bonds is 2. The first kappa shape index (κ1) is 15.6. The van der Waals surface area contributed by atoms with Gasteiger partial charge in [0.05, 0.1) is 0 Å². The molecular formula is C21H19FN2O. The summed E-state index contributed by atoms with van der Waals surface area (Å²) in [5.74, 6) is -0.164. The number of benzene rings is 2. The molecule has 0 bridgehead atoms. The molecule has 1 aromatic heterocycles. The van der Waals surface area contributed by atoms with Gasteiger partial charge in [0.2, 0.25) is 0 Å². The quantitative estimate of drug-likeness (QED) is 0.733. The van der Waals surface area contributed by atoms with Crippen molar-refractivity contribution in [3.63, 3.8) is 0 Å². The topological polar surface area (TPSA) is 36.1 Å². The molecule has 0 aliphatic carbocycles. The van der Waals surface area contributed by atoms with Gasteiger partial charge in [0.1, 0.15) is 5.82 Å². The highest BCUT2D eigenvalue weighted by atomic mass is 19.1. The van der Waals surface area contributed by atoms with Gasteiger partial charge in [-0.05, 0) is 48.7 Å². The van der Waals surface area contributed by atoms with Crippen LogP contribution in [0, 0.1) is 12.7 Å². The fourth-order valence-corrected chi connectivity index (χ4v) is 3.45. The van der Waals surface area contributed by atoms with Crippen LogP contribution in [0.1, 0.15) is 27.9 Å². The molecule has 1 N–H and O–H groups in total. The average Bonchev–Trinajstić information content (AvgIpc) is 3.04.